The first kappa shape index (κ1) is 16.3. The Balaban J connectivity index is 1.92. The Hall–Kier alpha value is -0.0800. The van der Waals surface area contributed by atoms with Crippen molar-refractivity contribution in [1.29, 1.82) is 0 Å². The summed E-state index contributed by atoms with van der Waals surface area (Å²) in [5.41, 5.74) is 0. The van der Waals surface area contributed by atoms with E-state index in [2.05, 4.69) is 31.0 Å². The SMILES string of the molecule is CCNC1CC(C)CC(C)C1CN1CCCCCCC1. The maximum Gasteiger partial charge on any atom is 0.0112 e. The van der Waals surface area contributed by atoms with E-state index < -0.39 is 0 Å². The zero-order valence-corrected chi connectivity index (χ0v) is 14.0. The van der Waals surface area contributed by atoms with E-state index in [0.717, 1.165) is 30.3 Å². The second-order valence-corrected chi connectivity index (χ2v) is 7.45. The molecule has 4 unspecified atom stereocenters. The van der Waals surface area contributed by atoms with Crippen molar-refractivity contribution in [2.45, 2.75) is 71.8 Å². The Morgan fingerprint density at radius 3 is 2.25 bits per heavy atom. The first-order valence-corrected chi connectivity index (χ1v) is 9.16. The molecular weight excluding hydrogens is 244 g/mol. The third-order valence-electron chi connectivity index (χ3n) is 5.56. The Morgan fingerprint density at radius 2 is 1.60 bits per heavy atom. The minimum atomic E-state index is 0.754. The van der Waals surface area contributed by atoms with Gasteiger partial charge in [0, 0.05) is 12.6 Å². The van der Waals surface area contributed by atoms with Gasteiger partial charge in [-0.05, 0) is 63.1 Å². The van der Waals surface area contributed by atoms with Crippen LogP contribution in [0.4, 0.5) is 0 Å². The molecule has 0 aromatic heterocycles. The highest BCUT2D eigenvalue weighted by atomic mass is 15.1. The van der Waals surface area contributed by atoms with Crippen LogP contribution in [0.25, 0.3) is 0 Å². The predicted molar refractivity (Wildman–Crippen MR) is 88.0 cm³/mol. The number of hydrogen-bond acceptors (Lipinski definition) is 2. The lowest BCUT2D eigenvalue weighted by Crippen LogP contribution is -2.49. The summed E-state index contributed by atoms with van der Waals surface area (Å²) >= 11 is 0. The summed E-state index contributed by atoms with van der Waals surface area (Å²) in [7, 11) is 0. The highest BCUT2D eigenvalue weighted by Gasteiger charge is 2.34. The van der Waals surface area contributed by atoms with Gasteiger partial charge in [0.2, 0.25) is 0 Å². The molecule has 1 aliphatic heterocycles. The van der Waals surface area contributed by atoms with Crippen molar-refractivity contribution < 1.29 is 0 Å². The number of nitrogens with zero attached hydrogens (tertiary/aromatic N) is 1. The molecule has 1 heterocycles. The molecule has 1 aliphatic carbocycles. The van der Waals surface area contributed by atoms with Crippen LogP contribution in [0.1, 0.15) is 65.7 Å². The van der Waals surface area contributed by atoms with Gasteiger partial charge in [0.25, 0.3) is 0 Å². The molecule has 0 aromatic carbocycles. The van der Waals surface area contributed by atoms with E-state index >= 15 is 0 Å². The van der Waals surface area contributed by atoms with Crippen molar-refractivity contribution in [2.24, 2.45) is 17.8 Å². The summed E-state index contributed by atoms with van der Waals surface area (Å²) in [5.74, 6) is 2.65. The van der Waals surface area contributed by atoms with Gasteiger partial charge < -0.3 is 10.2 Å². The predicted octanol–water partition coefficient (Wildman–Crippen LogP) is 3.91. The zero-order chi connectivity index (χ0) is 14.4. The summed E-state index contributed by atoms with van der Waals surface area (Å²) in [4.78, 5) is 2.78. The van der Waals surface area contributed by atoms with Gasteiger partial charge in [0.15, 0.2) is 0 Å². The highest BCUT2D eigenvalue weighted by Crippen LogP contribution is 2.34. The molecule has 1 saturated heterocycles. The van der Waals surface area contributed by atoms with Crippen LogP contribution in [0.2, 0.25) is 0 Å². The van der Waals surface area contributed by atoms with E-state index in [1.165, 1.54) is 64.6 Å². The van der Waals surface area contributed by atoms with E-state index in [1.807, 2.05) is 0 Å². The molecule has 2 heteroatoms. The van der Waals surface area contributed by atoms with Gasteiger partial charge in [-0.15, -0.1) is 0 Å². The number of hydrogen-bond donors (Lipinski definition) is 1. The third-order valence-corrected chi connectivity index (χ3v) is 5.56. The first-order valence-electron chi connectivity index (χ1n) is 9.16. The molecule has 2 aliphatic rings. The Labute approximate surface area is 126 Å². The molecule has 0 bridgehead atoms. The Kier molecular flexibility index (Phi) is 6.83. The molecule has 20 heavy (non-hydrogen) atoms. The van der Waals surface area contributed by atoms with Gasteiger partial charge >= 0.3 is 0 Å². The molecular formula is C18H36N2. The Morgan fingerprint density at radius 1 is 0.950 bits per heavy atom. The van der Waals surface area contributed by atoms with Crippen LogP contribution < -0.4 is 5.32 Å². The average molecular weight is 280 g/mol. The van der Waals surface area contributed by atoms with E-state index in [9.17, 15) is 0 Å². The standard InChI is InChI=1S/C18H36N2/c1-4-19-18-13-15(2)12-16(3)17(18)14-20-10-8-6-5-7-9-11-20/h15-19H,4-14H2,1-3H3. The molecule has 2 nitrogen and oxygen atoms in total. The molecule has 0 spiro atoms. The lowest BCUT2D eigenvalue weighted by Gasteiger charge is -2.42. The van der Waals surface area contributed by atoms with Gasteiger partial charge in [-0.1, -0.05) is 40.0 Å². The summed E-state index contributed by atoms with van der Waals surface area (Å²) in [6.45, 7) is 12.3. The van der Waals surface area contributed by atoms with Gasteiger partial charge in [-0.25, -0.2) is 0 Å². The van der Waals surface area contributed by atoms with Crippen LogP contribution in [0.5, 0.6) is 0 Å². The first-order chi connectivity index (χ1) is 9.70. The molecule has 0 amide bonds. The normalized spacial score (nSPS) is 37.4. The largest absolute Gasteiger partial charge is 0.314 e. The van der Waals surface area contributed by atoms with Gasteiger partial charge in [-0.3, -0.25) is 0 Å². The molecule has 2 fully saturated rings. The lowest BCUT2D eigenvalue weighted by atomic mass is 9.72. The number of likely N-dealkylation sites (tertiary alicyclic amines) is 1. The molecule has 0 aromatic rings. The van der Waals surface area contributed by atoms with E-state index in [1.54, 1.807) is 0 Å². The minimum Gasteiger partial charge on any atom is -0.314 e. The van der Waals surface area contributed by atoms with Crippen LogP contribution in [0.3, 0.4) is 0 Å². The third kappa shape index (κ3) is 4.73. The monoisotopic (exact) mass is 280 g/mol. The van der Waals surface area contributed by atoms with Crippen molar-refractivity contribution >= 4 is 0 Å². The highest BCUT2D eigenvalue weighted by molar-refractivity contribution is 4.89. The van der Waals surface area contributed by atoms with Gasteiger partial charge in [-0.2, -0.15) is 0 Å². The second kappa shape index (κ2) is 8.38. The van der Waals surface area contributed by atoms with Gasteiger partial charge in [0.1, 0.15) is 0 Å². The molecule has 0 radical (unpaired) electrons. The fraction of sp³-hybridized carbons (Fsp3) is 1.00. The van der Waals surface area contributed by atoms with Crippen molar-refractivity contribution in [1.82, 2.24) is 10.2 Å². The number of rotatable bonds is 4. The number of nitrogens with one attached hydrogen (secondary N) is 1. The van der Waals surface area contributed by atoms with Crippen molar-refractivity contribution in [3.05, 3.63) is 0 Å². The van der Waals surface area contributed by atoms with E-state index in [0.29, 0.717) is 0 Å². The quantitative estimate of drug-likeness (QED) is 0.840. The molecule has 2 rings (SSSR count). The van der Waals surface area contributed by atoms with E-state index in [4.69, 9.17) is 0 Å². The average Bonchev–Trinajstić information content (AvgIpc) is 2.35. The molecule has 4 atom stereocenters. The van der Waals surface area contributed by atoms with Crippen molar-refractivity contribution in [2.75, 3.05) is 26.2 Å². The summed E-state index contributed by atoms with van der Waals surface area (Å²) in [6.07, 6.45) is 10.0. The second-order valence-electron chi connectivity index (χ2n) is 7.45. The van der Waals surface area contributed by atoms with Crippen LogP contribution in [-0.2, 0) is 0 Å². The van der Waals surface area contributed by atoms with E-state index in [-0.39, 0.29) is 0 Å². The van der Waals surface area contributed by atoms with Crippen molar-refractivity contribution in [3.8, 4) is 0 Å². The van der Waals surface area contributed by atoms with Crippen LogP contribution in [-0.4, -0.2) is 37.1 Å². The van der Waals surface area contributed by atoms with Crippen molar-refractivity contribution in [3.63, 3.8) is 0 Å². The molecule has 1 N–H and O–H groups in total. The van der Waals surface area contributed by atoms with Crippen LogP contribution >= 0.6 is 0 Å². The summed E-state index contributed by atoms with van der Waals surface area (Å²) in [6, 6.07) is 0.754. The fourth-order valence-corrected chi connectivity index (χ4v) is 4.51. The maximum absolute atomic E-state index is 3.79. The zero-order valence-electron chi connectivity index (χ0n) is 14.0. The summed E-state index contributed by atoms with van der Waals surface area (Å²) < 4.78 is 0. The van der Waals surface area contributed by atoms with Crippen LogP contribution in [0.15, 0.2) is 0 Å². The summed E-state index contributed by atoms with van der Waals surface area (Å²) in [5, 5.41) is 3.79. The fourth-order valence-electron chi connectivity index (χ4n) is 4.51. The smallest absolute Gasteiger partial charge is 0.0112 e. The molecule has 1 saturated carbocycles. The van der Waals surface area contributed by atoms with Crippen LogP contribution in [0, 0.1) is 17.8 Å². The van der Waals surface area contributed by atoms with Gasteiger partial charge in [0.05, 0.1) is 0 Å². The minimum absolute atomic E-state index is 0.754. The lowest BCUT2D eigenvalue weighted by molar-refractivity contribution is 0.0975. The Bertz CT molecular complexity index is 258. The molecule has 118 valence electrons. The topological polar surface area (TPSA) is 15.3 Å². The maximum atomic E-state index is 3.79.